The van der Waals surface area contributed by atoms with E-state index in [2.05, 4.69) is 42.2 Å². The van der Waals surface area contributed by atoms with E-state index in [-0.39, 0.29) is 17.5 Å². The van der Waals surface area contributed by atoms with Crippen molar-refractivity contribution in [2.45, 2.75) is 63.1 Å². The highest BCUT2D eigenvalue weighted by Crippen LogP contribution is 2.57. The molecule has 1 aromatic carbocycles. The second-order valence-electron chi connectivity index (χ2n) is 7.85. The summed E-state index contributed by atoms with van der Waals surface area (Å²) in [6.45, 7) is 4.70. The molecule has 3 fully saturated rings. The first-order chi connectivity index (χ1) is 12.1. The maximum atomic E-state index is 11.8. The number of fused-ring (bicyclic) bond motifs is 5. The van der Waals surface area contributed by atoms with Crippen molar-refractivity contribution < 1.29 is 9.53 Å². The molecule has 0 unspecified atom stereocenters. The number of carbonyl (C=O) groups is 1. The second kappa shape index (κ2) is 5.28. The number of nitrogens with zero attached hydrogens (tertiary/aromatic N) is 2. The molecule has 2 saturated heterocycles. The van der Waals surface area contributed by atoms with Crippen molar-refractivity contribution in [3.8, 4) is 0 Å². The van der Waals surface area contributed by atoms with E-state index in [1.165, 1.54) is 23.8 Å². The summed E-state index contributed by atoms with van der Waals surface area (Å²) in [5.41, 5.74) is 4.94. The zero-order valence-electron chi connectivity index (χ0n) is 14.9. The highest BCUT2D eigenvalue weighted by atomic mass is 16.5. The molecule has 4 aliphatic rings. The topological polar surface area (TPSA) is 41.9 Å². The smallest absolute Gasteiger partial charge is 0.302 e. The van der Waals surface area contributed by atoms with Gasteiger partial charge in [-0.2, -0.15) is 0 Å². The lowest BCUT2D eigenvalue weighted by Gasteiger charge is -2.48. The van der Waals surface area contributed by atoms with Gasteiger partial charge in [-0.15, -0.1) is 0 Å². The minimum Gasteiger partial charge on any atom is -0.461 e. The average Bonchev–Trinajstić information content (AvgIpc) is 3.12. The summed E-state index contributed by atoms with van der Waals surface area (Å²) in [5.74, 6) is -0.178. The third kappa shape index (κ3) is 1.97. The van der Waals surface area contributed by atoms with Gasteiger partial charge >= 0.3 is 5.97 Å². The van der Waals surface area contributed by atoms with Gasteiger partial charge in [-0.1, -0.05) is 29.8 Å². The van der Waals surface area contributed by atoms with E-state index in [0.717, 1.165) is 37.9 Å². The third-order valence-corrected chi connectivity index (χ3v) is 6.70. The lowest BCUT2D eigenvalue weighted by Crippen LogP contribution is -2.59. The van der Waals surface area contributed by atoms with Crippen LogP contribution in [0.4, 0.5) is 5.69 Å². The van der Waals surface area contributed by atoms with Crippen molar-refractivity contribution >= 4 is 17.4 Å². The largest absolute Gasteiger partial charge is 0.461 e. The Morgan fingerprint density at radius 3 is 3.04 bits per heavy atom. The Morgan fingerprint density at radius 1 is 1.40 bits per heavy atom. The lowest BCUT2D eigenvalue weighted by atomic mass is 9.68. The Morgan fingerprint density at radius 2 is 2.24 bits per heavy atom. The highest BCUT2D eigenvalue weighted by molar-refractivity contribution is 6.07. The van der Waals surface area contributed by atoms with Crippen LogP contribution >= 0.6 is 0 Å². The third-order valence-electron chi connectivity index (χ3n) is 6.70. The van der Waals surface area contributed by atoms with E-state index >= 15 is 0 Å². The number of aliphatic imine (C=N–C) groups is 1. The van der Waals surface area contributed by atoms with E-state index < -0.39 is 0 Å². The summed E-state index contributed by atoms with van der Waals surface area (Å²) in [5, 5.41) is 0. The number of para-hydroxylation sites is 1. The number of allylic oxidation sites excluding steroid dienone is 1. The molecule has 4 nitrogen and oxygen atoms in total. The quantitative estimate of drug-likeness (QED) is 0.582. The summed E-state index contributed by atoms with van der Waals surface area (Å²) in [7, 11) is 0. The van der Waals surface area contributed by atoms with Crippen molar-refractivity contribution in [3.63, 3.8) is 0 Å². The molecule has 0 radical (unpaired) electrons. The van der Waals surface area contributed by atoms with Crippen molar-refractivity contribution in [2.75, 3.05) is 6.54 Å². The van der Waals surface area contributed by atoms with Gasteiger partial charge in [-0.05, 0) is 37.8 Å². The predicted molar refractivity (Wildman–Crippen MR) is 97.3 cm³/mol. The number of benzene rings is 1. The molecule has 0 N–H and O–H groups in total. The molecule has 1 saturated carbocycles. The molecule has 3 heterocycles. The van der Waals surface area contributed by atoms with Crippen LogP contribution in [0.2, 0.25) is 0 Å². The van der Waals surface area contributed by atoms with Crippen molar-refractivity contribution in [1.82, 2.24) is 4.90 Å². The molecular formula is C21H24N2O2. The number of piperidine rings is 2. The van der Waals surface area contributed by atoms with Crippen LogP contribution in [0, 0.1) is 0 Å². The van der Waals surface area contributed by atoms with Gasteiger partial charge in [0.05, 0.1) is 22.9 Å². The van der Waals surface area contributed by atoms with Crippen LogP contribution in [0.15, 0.2) is 40.9 Å². The molecular weight excluding hydrogens is 312 g/mol. The van der Waals surface area contributed by atoms with Crippen molar-refractivity contribution in [3.05, 3.63) is 41.5 Å². The molecule has 3 aliphatic heterocycles. The first-order valence-electron chi connectivity index (χ1n) is 9.39. The molecule has 4 atom stereocenters. The Hall–Kier alpha value is -1.94. The van der Waals surface area contributed by atoms with Gasteiger partial charge in [0.25, 0.3) is 0 Å². The van der Waals surface area contributed by atoms with E-state index in [1.807, 2.05) is 0 Å². The van der Waals surface area contributed by atoms with Crippen LogP contribution < -0.4 is 0 Å². The minimum absolute atomic E-state index is 0.0861. The summed E-state index contributed by atoms with van der Waals surface area (Å²) in [4.78, 5) is 19.5. The highest BCUT2D eigenvalue weighted by Gasteiger charge is 2.64. The normalized spacial score (nSPS) is 37.3. The Bertz CT molecular complexity index is 812. The van der Waals surface area contributed by atoms with Crippen molar-refractivity contribution in [1.29, 1.82) is 0 Å². The lowest BCUT2D eigenvalue weighted by molar-refractivity contribution is -0.147. The molecule has 25 heavy (non-hydrogen) atoms. The number of esters is 1. The Kier molecular flexibility index (Phi) is 3.23. The van der Waals surface area contributed by atoms with Gasteiger partial charge in [-0.25, -0.2) is 0 Å². The van der Waals surface area contributed by atoms with Gasteiger partial charge in [-0.3, -0.25) is 14.7 Å². The number of rotatable bonds is 1. The summed E-state index contributed by atoms with van der Waals surface area (Å²) >= 11 is 0. The zero-order chi connectivity index (χ0) is 17.2. The summed E-state index contributed by atoms with van der Waals surface area (Å²) in [6, 6.07) is 9.31. The standard InChI is InChI=1S/C21H24N2O2/c1-3-14-8-9-18-20-21(16-6-4-5-7-17(16)22-20)11-15(23(18)12-14)10-19(21)25-13(2)24/h3-7,15,18-19H,8-12H2,1-2H3/t15-,18+,19+,21+/m1/s1. The first kappa shape index (κ1) is 15.3. The SMILES string of the molecule is CC=C1CC[C@H]2C3=Nc4ccccc4[C@]34C[C@@H](C[C@@H]4OC(C)=O)N2C1. The van der Waals surface area contributed by atoms with Crippen LogP contribution in [0.3, 0.4) is 0 Å². The Labute approximate surface area is 148 Å². The second-order valence-corrected chi connectivity index (χ2v) is 7.85. The van der Waals surface area contributed by atoms with Crippen molar-refractivity contribution in [2.24, 2.45) is 4.99 Å². The molecule has 1 aliphatic carbocycles. The maximum Gasteiger partial charge on any atom is 0.302 e. The number of hydrogen-bond acceptors (Lipinski definition) is 4. The molecule has 1 spiro atoms. The Balaban J connectivity index is 1.65. The van der Waals surface area contributed by atoms with E-state index in [4.69, 9.17) is 9.73 Å². The van der Waals surface area contributed by atoms with Crippen LogP contribution in [0.5, 0.6) is 0 Å². The average molecular weight is 336 g/mol. The fraction of sp³-hybridized carbons (Fsp3) is 0.524. The van der Waals surface area contributed by atoms with Crippen LogP contribution in [-0.4, -0.2) is 41.3 Å². The molecule has 0 aromatic heterocycles. The van der Waals surface area contributed by atoms with Gasteiger partial charge in [0.1, 0.15) is 6.10 Å². The fourth-order valence-electron chi connectivity index (χ4n) is 5.70. The van der Waals surface area contributed by atoms with E-state index in [1.54, 1.807) is 0 Å². The molecule has 130 valence electrons. The summed E-state index contributed by atoms with van der Waals surface area (Å²) in [6.07, 6.45) is 6.39. The van der Waals surface area contributed by atoms with E-state index in [0.29, 0.717) is 12.1 Å². The van der Waals surface area contributed by atoms with Crippen LogP contribution in [-0.2, 0) is 14.9 Å². The fourth-order valence-corrected chi connectivity index (χ4v) is 5.70. The molecule has 0 amide bonds. The maximum absolute atomic E-state index is 11.8. The van der Waals surface area contributed by atoms with Gasteiger partial charge < -0.3 is 4.74 Å². The number of ether oxygens (including phenoxy) is 1. The zero-order valence-corrected chi connectivity index (χ0v) is 14.9. The molecule has 5 rings (SSSR count). The predicted octanol–water partition coefficient (Wildman–Crippen LogP) is 3.53. The van der Waals surface area contributed by atoms with Gasteiger partial charge in [0, 0.05) is 25.9 Å². The monoisotopic (exact) mass is 336 g/mol. The van der Waals surface area contributed by atoms with Gasteiger partial charge in [0.15, 0.2) is 0 Å². The molecule has 4 heteroatoms. The van der Waals surface area contributed by atoms with E-state index in [9.17, 15) is 4.79 Å². The minimum atomic E-state index is -0.193. The molecule has 2 bridgehead atoms. The van der Waals surface area contributed by atoms with Crippen LogP contribution in [0.25, 0.3) is 0 Å². The van der Waals surface area contributed by atoms with Crippen LogP contribution in [0.1, 0.15) is 45.1 Å². The molecule has 1 aromatic rings. The number of carbonyl (C=O) groups excluding carboxylic acids is 1. The summed E-state index contributed by atoms with van der Waals surface area (Å²) < 4.78 is 5.88. The first-order valence-corrected chi connectivity index (χ1v) is 9.39. The van der Waals surface area contributed by atoms with Gasteiger partial charge in [0.2, 0.25) is 0 Å². The number of hydrogen-bond donors (Lipinski definition) is 0.